The monoisotopic (exact) mass is 236 g/mol. The molecule has 0 aliphatic carbocycles. The zero-order chi connectivity index (χ0) is 12.4. The van der Waals surface area contributed by atoms with Gasteiger partial charge in [0.1, 0.15) is 5.76 Å². The largest absolute Gasteiger partial charge is 0.381 e. The van der Waals surface area contributed by atoms with E-state index in [1.165, 1.54) is 18.3 Å². The molecule has 0 atom stereocenters. The molecule has 0 fully saturated rings. The first-order chi connectivity index (χ1) is 8.08. The summed E-state index contributed by atoms with van der Waals surface area (Å²) in [6.45, 7) is 1.67. The van der Waals surface area contributed by atoms with Gasteiger partial charge in [0.2, 0.25) is 0 Å². The van der Waals surface area contributed by atoms with Crippen molar-refractivity contribution in [3.63, 3.8) is 0 Å². The third-order valence-electron chi connectivity index (χ3n) is 2.03. The van der Waals surface area contributed by atoms with Crippen molar-refractivity contribution in [2.24, 2.45) is 0 Å². The van der Waals surface area contributed by atoms with Crippen LogP contribution in [0.2, 0.25) is 0 Å². The maximum atomic E-state index is 13.5. The molecule has 0 saturated carbocycles. The molecule has 2 aromatic rings. The molecule has 17 heavy (non-hydrogen) atoms. The smallest absolute Gasteiger partial charge is 0.260 e. The van der Waals surface area contributed by atoms with Gasteiger partial charge < -0.3 is 15.6 Å². The van der Waals surface area contributed by atoms with Crippen molar-refractivity contribution in [3.8, 4) is 0 Å². The lowest BCUT2D eigenvalue weighted by molar-refractivity contribution is 0.102. The summed E-state index contributed by atoms with van der Waals surface area (Å²) in [5, 5.41) is 5.94. The fourth-order valence-electron chi connectivity index (χ4n) is 1.24. The molecule has 0 spiro atoms. The van der Waals surface area contributed by atoms with Crippen LogP contribution >= 0.6 is 0 Å². The quantitative estimate of drug-likeness (QED) is 0.820. The van der Waals surface area contributed by atoms with Crippen LogP contribution in [0.1, 0.15) is 16.1 Å². The molecule has 0 unspecified atom stereocenters. The molecule has 88 valence electrons. The zero-order valence-corrected chi connectivity index (χ0v) is 8.90. The van der Waals surface area contributed by atoms with E-state index in [0.717, 1.165) is 0 Å². The third kappa shape index (κ3) is 2.22. The number of hydrogen-bond donors (Lipinski definition) is 2. The van der Waals surface area contributed by atoms with Crippen LogP contribution in [-0.4, -0.2) is 16.0 Å². The molecule has 3 N–H and O–H groups in total. The lowest BCUT2D eigenvalue weighted by Gasteiger charge is -2.03. The van der Waals surface area contributed by atoms with E-state index in [1.807, 2.05) is 0 Å². The second-order valence-electron chi connectivity index (χ2n) is 3.33. The van der Waals surface area contributed by atoms with E-state index in [-0.39, 0.29) is 17.2 Å². The second-order valence-corrected chi connectivity index (χ2v) is 3.33. The van der Waals surface area contributed by atoms with E-state index >= 15 is 0 Å². The van der Waals surface area contributed by atoms with Gasteiger partial charge in [0, 0.05) is 12.3 Å². The Kier molecular flexibility index (Phi) is 2.73. The molecule has 0 aliphatic rings. The first-order valence-corrected chi connectivity index (χ1v) is 4.72. The first-order valence-electron chi connectivity index (χ1n) is 4.72. The fourth-order valence-corrected chi connectivity index (χ4v) is 1.24. The van der Waals surface area contributed by atoms with Gasteiger partial charge in [-0.2, -0.15) is 0 Å². The number of halogens is 1. The van der Waals surface area contributed by atoms with E-state index < -0.39 is 11.7 Å². The van der Waals surface area contributed by atoms with Gasteiger partial charge in [0.05, 0.1) is 5.56 Å². The van der Waals surface area contributed by atoms with Gasteiger partial charge in [-0.3, -0.25) is 4.79 Å². The molecule has 0 radical (unpaired) electrons. The predicted molar refractivity (Wildman–Crippen MR) is 57.8 cm³/mol. The summed E-state index contributed by atoms with van der Waals surface area (Å²) < 4.78 is 18.2. The number of carbonyl (C=O) groups excluding carboxylic acids is 1. The van der Waals surface area contributed by atoms with Crippen molar-refractivity contribution >= 4 is 17.5 Å². The van der Waals surface area contributed by atoms with Crippen LogP contribution in [0.15, 0.2) is 22.9 Å². The van der Waals surface area contributed by atoms with Crippen LogP contribution in [-0.2, 0) is 0 Å². The number of pyridine rings is 1. The van der Waals surface area contributed by atoms with Crippen molar-refractivity contribution in [1.82, 2.24) is 10.1 Å². The van der Waals surface area contributed by atoms with Crippen LogP contribution in [0, 0.1) is 12.7 Å². The SMILES string of the molecule is Cc1cc(NC(=O)c2ccnc(N)c2F)no1. The first kappa shape index (κ1) is 11.1. The van der Waals surface area contributed by atoms with E-state index in [1.54, 1.807) is 6.92 Å². The molecular formula is C10H9FN4O2. The van der Waals surface area contributed by atoms with Crippen LogP contribution in [0.3, 0.4) is 0 Å². The molecule has 2 aromatic heterocycles. The Morgan fingerprint density at radius 3 is 3.00 bits per heavy atom. The predicted octanol–water partition coefficient (Wildman–Crippen LogP) is 1.35. The van der Waals surface area contributed by atoms with Crippen LogP contribution < -0.4 is 11.1 Å². The van der Waals surface area contributed by atoms with Gasteiger partial charge in [0.15, 0.2) is 17.5 Å². The van der Waals surface area contributed by atoms with Gasteiger partial charge in [-0.05, 0) is 13.0 Å². The maximum absolute atomic E-state index is 13.5. The molecule has 0 saturated heterocycles. The summed E-state index contributed by atoms with van der Waals surface area (Å²) in [4.78, 5) is 15.2. The number of aryl methyl sites for hydroxylation is 1. The van der Waals surface area contributed by atoms with Gasteiger partial charge in [0.25, 0.3) is 5.91 Å². The number of hydrogen-bond acceptors (Lipinski definition) is 5. The summed E-state index contributed by atoms with van der Waals surface area (Å²) in [6.07, 6.45) is 1.25. The van der Waals surface area contributed by atoms with Crippen molar-refractivity contribution in [1.29, 1.82) is 0 Å². The number of anilines is 2. The summed E-state index contributed by atoms with van der Waals surface area (Å²) in [7, 11) is 0. The maximum Gasteiger partial charge on any atom is 0.260 e. The van der Waals surface area contributed by atoms with Gasteiger partial charge in [-0.25, -0.2) is 9.37 Å². The Hall–Kier alpha value is -2.44. The molecule has 0 aromatic carbocycles. The van der Waals surface area contributed by atoms with Crippen LogP contribution in [0.5, 0.6) is 0 Å². The Balaban J connectivity index is 2.23. The minimum Gasteiger partial charge on any atom is -0.381 e. The van der Waals surface area contributed by atoms with E-state index in [9.17, 15) is 9.18 Å². The van der Waals surface area contributed by atoms with Crippen molar-refractivity contribution < 1.29 is 13.7 Å². The second kappa shape index (κ2) is 4.20. The highest BCUT2D eigenvalue weighted by molar-refractivity contribution is 6.04. The summed E-state index contributed by atoms with van der Waals surface area (Å²) in [6, 6.07) is 2.74. The lowest BCUT2D eigenvalue weighted by atomic mass is 10.2. The van der Waals surface area contributed by atoms with E-state index in [0.29, 0.717) is 5.76 Å². The Morgan fingerprint density at radius 2 is 2.35 bits per heavy atom. The minimum atomic E-state index is -0.856. The number of carbonyl (C=O) groups is 1. The number of nitrogens with zero attached hydrogens (tertiary/aromatic N) is 2. The highest BCUT2D eigenvalue weighted by Crippen LogP contribution is 2.14. The highest BCUT2D eigenvalue weighted by atomic mass is 19.1. The average molecular weight is 236 g/mol. The Labute approximate surface area is 95.6 Å². The normalized spacial score (nSPS) is 10.2. The number of nitrogens with one attached hydrogen (secondary N) is 1. The summed E-state index contributed by atoms with van der Waals surface area (Å²) in [5.74, 6) is -1.10. The number of aromatic nitrogens is 2. The number of amides is 1. The van der Waals surface area contributed by atoms with E-state index in [4.69, 9.17) is 10.3 Å². The molecule has 0 aliphatic heterocycles. The van der Waals surface area contributed by atoms with Gasteiger partial charge >= 0.3 is 0 Å². The minimum absolute atomic E-state index is 0.196. The van der Waals surface area contributed by atoms with Crippen molar-refractivity contribution in [2.45, 2.75) is 6.92 Å². The molecule has 0 bridgehead atoms. The van der Waals surface area contributed by atoms with Gasteiger partial charge in [-0.1, -0.05) is 5.16 Å². The molecular weight excluding hydrogens is 227 g/mol. The number of nitrogen functional groups attached to an aromatic ring is 1. The standard InChI is InChI=1S/C10H9FN4O2/c1-5-4-7(15-17-5)14-10(16)6-2-3-13-9(12)8(6)11/h2-4H,1H3,(H2,12,13)(H,14,15,16). The van der Waals surface area contributed by atoms with Crippen LogP contribution in [0.25, 0.3) is 0 Å². The molecule has 2 heterocycles. The van der Waals surface area contributed by atoms with Crippen molar-refractivity contribution in [2.75, 3.05) is 11.1 Å². The molecule has 2 rings (SSSR count). The molecule has 6 nitrogen and oxygen atoms in total. The fraction of sp³-hybridized carbons (Fsp3) is 0.100. The van der Waals surface area contributed by atoms with Gasteiger partial charge in [-0.15, -0.1) is 0 Å². The molecule has 1 amide bonds. The van der Waals surface area contributed by atoms with Crippen molar-refractivity contribution in [3.05, 3.63) is 35.5 Å². The zero-order valence-electron chi connectivity index (χ0n) is 8.90. The van der Waals surface area contributed by atoms with Crippen LogP contribution in [0.4, 0.5) is 16.0 Å². The topological polar surface area (TPSA) is 94.0 Å². The Morgan fingerprint density at radius 1 is 1.59 bits per heavy atom. The average Bonchev–Trinajstić information content (AvgIpc) is 2.68. The molecule has 7 heteroatoms. The summed E-state index contributed by atoms with van der Waals surface area (Å²) >= 11 is 0. The lowest BCUT2D eigenvalue weighted by Crippen LogP contribution is -2.15. The number of rotatable bonds is 2. The van der Waals surface area contributed by atoms with E-state index in [2.05, 4.69) is 15.5 Å². The Bertz CT molecular complexity index is 567. The summed E-state index contributed by atoms with van der Waals surface area (Å²) in [5.41, 5.74) is 5.06. The highest BCUT2D eigenvalue weighted by Gasteiger charge is 2.15. The third-order valence-corrected chi connectivity index (χ3v) is 2.03. The number of nitrogens with two attached hydrogens (primary N) is 1.